The molecule has 3 aromatic rings. The largest absolute Gasteiger partial charge is 0.481 e. The molecular weight excluding hydrogens is 373 g/mol. The van der Waals surface area contributed by atoms with Gasteiger partial charge in [0.1, 0.15) is 5.41 Å². The number of carboxylic acid groups (broad SMARTS) is 1. The van der Waals surface area contributed by atoms with Crippen LogP contribution in [0.5, 0.6) is 0 Å². The lowest BCUT2D eigenvalue weighted by atomic mass is 9.85. The molecule has 0 aliphatic rings. The van der Waals surface area contributed by atoms with Crippen molar-refractivity contribution in [3.8, 4) is 11.1 Å². The van der Waals surface area contributed by atoms with Crippen molar-refractivity contribution in [3.05, 3.63) is 50.5 Å². The Kier molecular flexibility index (Phi) is 3.98. The number of aliphatic carboxylic acids is 1. The molecule has 3 N–H and O–H groups in total. The summed E-state index contributed by atoms with van der Waals surface area (Å²) in [5.74, 6) is -5.89. The molecule has 11 heteroatoms. The molecule has 0 saturated carbocycles. The van der Waals surface area contributed by atoms with Crippen LogP contribution in [0.3, 0.4) is 0 Å². The van der Waals surface area contributed by atoms with E-state index in [-0.39, 0.29) is 27.2 Å². The third-order valence-electron chi connectivity index (χ3n) is 3.97. The highest BCUT2D eigenvalue weighted by Crippen LogP contribution is 2.36. The number of H-pyrrole nitrogens is 2. The van der Waals surface area contributed by atoms with Gasteiger partial charge in [-0.15, -0.1) is 0 Å². The fourth-order valence-corrected chi connectivity index (χ4v) is 2.67. The van der Waals surface area contributed by atoms with Crippen molar-refractivity contribution < 1.29 is 23.1 Å². The van der Waals surface area contributed by atoms with Gasteiger partial charge in [-0.25, -0.2) is 18.0 Å². The maximum atomic E-state index is 13.7. The number of aromatic nitrogens is 4. The normalized spacial score (nSPS) is 11.9. The minimum Gasteiger partial charge on any atom is -0.481 e. The summed E-state index contributed by atoms with van der Waals surface area (Å²) in [5.41, 5.74) is -2.83. The number of nitrogens with zero attached hydrogens (tertiary/aromatic N) is 2. The summed E-state index contributed by atoms with van der Waals surface area (Å²) in [6.07, 6.45) is 0. The minimum absolute atomic E-state index is 0.0611. The Morgan fingerprint density at radius 3 is 2.38 bits per heavy atom. The van der Waals surface area contributed by atoms with Gasteiger partial charge in [0, 0.05) is 5.56 Å². The zero-order valence-electron chi connectivity index (χ0n) is 13.4. The molecule has 0 radical (unpaired) electrons. The highest BCUT2D eigenvalue weighted by atomic mass is 32.1. The minimum atomic E-state index is -1.67. The van der Waals surface area contributed by atoms with Gasteiger partial charge < -0.3 is 5.11 Å². The van der Waals surface area contributed by atoms with Gasteiger partial charge in [-0.2, -0.15) is 9.50 Å². The van der Waals surface area contributed by atoms with Crippen LogP contribution < -0.4 is 5.69 Å². The molecule has 7 nitrogen and oxygen atoms in total. The summed E-state index contributed by atoms with van der Waals surface area (Å²) in [4.78, 5) is 29.9. The van der Waals surface area contributed by atoms with Crippen LogP contribution in [0.25, 0.3) is 16.8 Å². The third kappa shape index (κ3) is 2.60. The van der Waals surface area contributed by atoms with Gasteiger partial charge in [0.25, 0.3) is 0 Å². The number of carboxylic acids is 1. The van der Waals surface area contributed by atoms with Gasteiger partial charge in [-0.3, -0.25) is 14.9 Å². The van der Waals surface area contributed by atoms with E-state index in [1.165, 1.54) is 13.8 Å². The molecule has 0 saturated heterocycles. The van der Waals surface area contributed by atoms with Crippen LogP contribution in [0.4, 0.5) is 13.2 Å². The fourth-order valence-electron chi connectivity index (χ4n) is 2.50. The van der Waals surface area contributed by atoms with Crippen molar-refractivity contribution in [2.75, 3.05) is 0 Å². The SMILES string of the molecule is CC(C)(C(=O)O)c1[nH]n2c(=O)[nH]c(=S)nc2c1-c1cc(F)c(F)c(F)c1. The number of nitrogens with one attached hydrogen (secondary N) is 2. The number of fused-ring (bicyclic) bond motifs is 1. The predicted molar refractivity (Wildman–Crippen MR) is 87.0 cm³/mol. The second-order valence-corrected chi connectivity index (χ2v) is 6.44. The lowest BCUT2D eigenvalue weighted by Crippen LogP contribution is -2.30. The van der Waals surface area contributed by atoms with Gasteiger partial charge in [0.2, 0.25) is 4.77 Å². The van der Waals surface area contributed by atoms with Crippen molar-refractivity contribution >= 4 is 23.8 Å². The fraction of sp³-hybridized carbons (Fsp3) is 0.200. The maximum absolute atomic E-state index is 13.7. The summed E-state index contributed by atoms with van der Waals surface area (Å²) in [6.45, 7) is 2.65. The van der Waals surface area contributed by atoms with Crippen LogP contribution in [-0.2, 0) is 10.2 Å². The Hall–Kier alpha value is -2.95. The number of hydrogen-bond acceptors (Lipinski definition) is 4. The first-order valence-electron chi connectivity index (χ1n) is 7.18. The van der Waals surface area contributed by atoms with Gasteiger partial charge in [0.05, 0.1) is 5.69 Å². The van der Waals surface area contributed by atoms with E-state index < -0.39 is 34.5 Å². The summed E-state index contributed by atoms with van der Waals surface area (Å²) in [6, 6.07) is 1.38. The Labute approximate surface area is 148 Å². The molecular formula is C15H11F3N4O3S. The van der Waals surface area contributed by atoms with Gasteiger partial charge in [0.15, 0.2) is 23.1 Å². The second-order valence-electron chi connectivity index (χ2n) is 6.05. The third-order valence-corrected chi connectivity index (χ3v) is 4.16. The van der Waals surface area contributed by atoms with Crippen LogP contribution in [-0.4, -0.2) is 30.7 Å². The number of aromatic amines is 2. The van der Waals surface area contributed by atoms with E-state index >= 15 is 0 Å². The Morgan fingerprint density at radius 1 is 1.27 bits per heavy atom. The zero-order valence-corrected chi connectivity index (χ0v) is 14.2. The van der Waals surface area contributed by atoms with Crippen LogP contribution >= 0.6 is 12.2 Å². The Bertz CT molecular complexity index is 1160. The highest BCUT2D eigenvalue weighted by molar-refractivity contribution is 7.71. The van der Waals surface area contributed by atoms with E-state index in [1.54, 1.807) is 0 Å². The standard InChI is InChI=1S/C15H11F3N4O3S/c1-15(2,12(23)24)10-8(5-3-6(16)9(18)7(17)4-5)11-19-13(26)20-14(25)22(11)21-10/h3-4,21H,1-2H3,(H,23,24)(H,20,25,26). The smallest absolute Gasteiger partial charge is 0.348 e. The average molecular weight is 384 g/mol. The molecule has 0 atom stereocenters. The van der Waals surface area contributed by atoms with E-state index in [0.29, 0.717) is 12.1 Å². The number of rotatable bonds is 3. The molecule has 1 aromatic carbocycles. The molecule has 0 fully saturated rings. The van der Waals surface area contributed by atoms with Gasteiger partial charge >= 0.3 is 11.7 Å². The Balaban J connectivity index is 2.52. The average Bonchev–Trinajstić information content (AvgIpc) is 2.92. The molecule has 0 spiro atoms. The monoisotopic (exact) mass is 384 g/mol. The number of halogens is 3. The Morgan fingerprint density at radius 2 is 1.85 bits per heavy atom. The maximum Gasteiger partial charge on any atom is 0.348 e. The molecule has 3 rings (SSSR count). The van der Waals surface area contributed by atoms with Crippen molar-refractivity contribution in [1.29, 1.82) is 0 Å². The second kappa shape index (κ2) is 5.80. The molecule has 2 aromatic heterocycles. The van der Waals surface area contributed by atoms with Crippen LogP contribution in [0.1, 0.15) is 19.5 Å². The van der Waals surface area contributed by atoms with Crippen LogP contribution in [0.2, 0.25) is 0 Å². The lowest BCUT2D eigenvalue weighted by Gasteiger charge is -2.19. The van der Waals surface area contributed by atoms with E-state index in [2.05, 4.69) is 15.1 Å². The van der Waals surface area contributed by atoms with Crippen LogP contribution in [0, 0.1) is 22.2 Å². The summed E-state index contributed by atoms with van der Waals surface area (Å²) >= 11 is 4.84. The van der Waals surface area contributed by atoms with Gasteiger partial charge in [-0.05, 0) is 43.8 Å². The van der Waals surface area contributed by atoms with Crippen molar-refractivity contribution in [3.63, 3.8) is 0 Å². The quantitative estimate of drug-likeness (QED) is 0.476. The highest BCUT2D eigenvalue weighted by Gasteiger charge is 2.36. The molecule has 0 aliphatic heterocycles. The first-order chi connectivity index (χ1) is 12.0. The summed E-state index contributed by atoms with van der Waals surface area (Å²) in [7, 11) is 0. The number of hydrogen-bond donors (Lipinski definition) is 3. The topological polar surface area (TPSA) is 103 Å². The van der Waals surface area contributed by atoms with E-state index in [1.807, 2.05) is 0 Å². The molecule has 0 amide bonds. The van der Waals surface area contributed by atoms with Gasteiger partial charge in [-0.1, -0.05) is 0 Å². The molecule has 0 aliphatic carbocycles. The molecule has 136 valence electrons. The van der Waals surface area contributed by atoms with E-state index in [9.17, 15) is 27.9 Å². The predicted octanol–water partition coefficient (Wildman–Crippen LogP) is 2.53. The number of carbonyl (C=O) groups is 1. The van der Waals surface area contributed by atoms with E-state index in [4.69, 9.17) is 12.2 Å². The summed E-state index contributed by atoms with van der Waals surface area (Å²) in [5, 5.41) is 12.1. The van der Waals surface area contributed by atoms with Crippen molar-refractivity contribution in [1.82, 2.24) is 19.6 Å². The lowest BCUT2D eigenvalue weighted by molar-refractivity contribution is -0.142. The van der Waals surface area contributed by atoms with Crippen LogP contribution in [0.15, 0.2) is 16.9 Å². The molecule has 0 unspecified atom stereocenters. The van der Waals surface area contributed by atoms with E-state index in [0.717, 1.165) is 4.52 Å². The van der Waals surface area contributed by atoms with Crippen molar-refractivity contribution in [2.45, 2.75) is 19.3 Å². The van der Waals surface area contributed by atoms with Crippen molar-refractivity contribution in [2.24, 2.45) is 0 Å². The molecule has 0 bridgehead atoms. The number of benzene rings is 1. The molecule has 2 heterocycles. The zero-order chi connectivity index (χ0) is 19.4. The first-order valence-corrected chi connectivity index (χ1v) is 7.58. The first kappa shape index (κ1) is 17.9. The molecule has 26 heavy (non-hydrogen) atoms. The summed E-state index contributed by atoms with van der Waals surface area (Å²) < 4.78 is 41.4.